The van der Waals surface area contributed by atoms with E-state index in [4.69, 9.17) is 4.74 Å². The Morgan fingerprint density at radius 1 is 1.17 bits per heavy atom. The summed E-state index contributed by atoms with van der Waals surface area (Å²) in [5.41, 5.74) is 1.28. The maximum atomic E-state index is 13.0. The molecule has 0 unspecified atom stereocenters. The minimum absolute atomic E-state index is 0.163. The van der Waals surface area contributed by atoms with Crippen molar-refractivity contribution in [3.05, 3.63) is 57.7 Å². The second kappa shape index (κ2) is 9.97. The van der Waals surface area contributed by atoms with Gasteiger partial charge in [0.1, 0.15) is 10.8 Å². The summed E-state index contributed by atoms with van der Waals surface area (Å²) in [4.78, 5) is 39.4. The first-order chi connectivity index (χ1) is 13.8. The molecule has 2 amide bonds. The third kappa shape index (κ3) is 5.29. The molecule has 2 rings (SSSR count). The zero-order chi connectivity index (χ0) is 21.6. The van der Waals surface area contributed by atoms with E-state index in [9.17, 15) is 18.8 Å². The summed E-state index contributed by atoms with van der Waals surface area (Å²) in [5, 5.41) is 2.89. The van der Waals surface area contributed by atoms with E-state index in [1.165, 1.54) is 43.5 Å². The Hall–Kier alpha value is -3.00. The predicted molar refractivity (Wildman–Crippen MR) is 112 cm³/mol. The molecule has 0 radical (unpaired) electrons. The Morgan fingerprint density at radius 3 is 2.34 bits per heavy atom. The molecule has 0 saturated carbocycles. The van der Waals surface area contributed by atoms with Gasteiger partial charge < -0.3 is 15.0 Å². The number of anilines is 1. The lowest BCUT2D eigenvalue weighted by Gasteiger charge is -2.17. The van der Waals surface area contributed by atoms with Crippen LogP contribution in [0.3, 0.4) is 0 Å². The summed E-state index contributed by atoms with van der Waals surface area (Å²) in [6.45, 7) is 6.46. The second-order valence-electron chi connectivity index (χ2n) is 6.10. The van der Waals surface area contributed by atoms with Crippen LogP contribution in [0.25, 0.3) is 6.08 Å². The summed E-state index contributed by atoms with van der Waals surface area (Å²) in [6.07, 6.45) is 2.80. The average Bonchev–Trinajstić information content (AvgIpc) is 3.03. The first-order valence-electron chi connectivity index (χ1n) is 9.07. The van der Waals surface area contributed by atoms with Gasteiger partial charge in [0, 0.05) is 19.2 Å². The number of carbonyl (C=O) groups is 3. The number of thiophene rings is 1. The maximum absolute atomic E-state index is 13.0. The van der Waals surface area contributed by atoms with E-state index >= 15 is 0 Å². The molecule has 29 heavy (non-hydrogen) atoms. The first kappa shape index (κ1) is 22.3. The molecule has 0 atom stereocenters. The molecule has 0 aliphatic carbocycles. The molecule has 0 aliphatic rings. The minimum Gasteiger partial charge on any atom is -0.465 e. The topological polar surface area (TPSA) is 75.7 Å². The number of carbonyl (C=O) groups excluding carboxylic acids is 3. The molecule has 1 N–H and O–H groups in total. The van der Waals surface area contributed by atoms with Crippen LogP contribution in [0, 0.1) is 12.7 Å². The van der Waals surface area contributed by atoms with Crippen LogP contribution in [0.5, 0.6) is 0 Å². The van der Waals surface area contributed by atoms with E-state index in [1.54, 1.807) is 11.8 Å². The van der Waals surface area contributed by atoms with E-state index in [1.807, 2.05) is 13.8 Å². The van der Waals surface area contributed by atoms with Gasteiger partial charge in [0.2, 0.25) is 5.91 Å². The van der Waals surface area contributed by atoms with Gasteiger partial charge in [0.25, 0.3) is 5.91 Å². The van der Waals surface area contributed by atoms with Gasteiger partial charge in [-0.3, -0.25) is 9.59 Å². The lowest BCUT2D eigenvalue weighted by Crippen LogP contribution is -2.30. The summed E-state index contributed by atoms with van der Waals surface area (Å²) < 4.78 is 17.8. The highest BCUT2D eigenvalue weighted by molar-refractivity contribution is 7.18. The lowest BCUT2D eigenvalue weighted by atomic mass is 10.1. The molecule has 6 nitrogen and oxygen atoms in total. The van der Waals surface area contributed by atoms with Crippen molar-refractivity contribution in [1.82, 2.24) is 4.90 Å². The van der Waals surface area contributed by atoms with Crippen molar-refractivity contribution in [3.8, 4) is 0 Å². The average molecular weight is 418 g/mol. The number of hydrogen-bond acceptors (Lipinski definition) is 5. The monoisotopic (exact) mass is 418 g/mol. The molecule has 154 valence electrons. The molecular formula is C21H23FN2O4S. The number of amides is 2. The Kier molecular flexibility index (Phi) is 7.67. The molecule has 2 aromatic rings. The van der Waals surface area contributed by atoms with Crippen LogP contribution in [-0.4, -0.2) is 42.9 Å². The molecule has 0 spiro atoms. The molecule has 0 saturated heterocycles. The quantitative estimate of drug-likeness (QED) is 0.542. The lowest BCUT2D eigenvalue weighted by molar-refractivity contribution is -0.111. The molecule has 0 bridgehead atoms. The fourth-order valence-electron chi connectivity index (χ4n) is 2.71. The Morgan fingerprint density at radius 2 is 1.79 bits per heavy atom. The van der Waals surface area contributed by atoms with Crippen LogP contribution in [0.15, 0.2) is 30.3 Å². The zero-order valence-electron chi connectivity index (χ0n) is 16.7. The van der Waals surface area contributed by atoms with Crippen molar-refractivity contribution in [2.45, 2.75) is 20.8 Å². The number of ether oxygens (including phenoxy) is 1. The van der Waals surface area contributed by atoms with Gasteiger partial charge in [-0.05, 0) is 50.1 Å². The number of hydrogen-bond donors (Lipinski definition) is 1. The third-order valence-electron chi connectivity index (χ3n) is 4.32. The Balaban J connectivity index is 2.31. The number of nitrogens with zero attached hydrogens (tertiary/aromatic N) is 1. The first-order valence-corrected chi connectivity index (χ1v) is 9.89. The Labute approximate surface area is 173 Å². The van der Waals surface area contributed by atoms with Gasteiger partial charge in [0.05, 0.1) is 17.6 Å². The smallest absolute Gasteiger partial charge is 0.341 e. The summed E-state index contributed by atoms with van der Waals surface area (Å²) in [6, 6.07) is 5.66. The van der Waals surface area contributed by atoms with Crippen molar-refractivity contribution in [1.29, 1.82) is 0 Å². The molecule has 1 heterocycles. The normalized spacial score (nSPS) is 10.8. The van der Waals surface area contributed by atoms with Crippen LogP contribution < -0.4 is 5.32 Å². The minimum atomic E-state index is -0.629. The standard InChI is InChI=1S/C21H23FN2O4S/c1-5-24(6-2)20(26)18-13(3)17(21(27)28-4)19(29-18)23-16(25)12-9-14-7-10-15(22)11-8-14/h7-12H,5-6H2,1-4H3,(H,23,25)/b12-9+. The van der Waals surface area contributed by atoms with Crippen LogP contribution in [0.2, 0.25) is 0 Å². The van der Waals surface area contributed by atoms with Crippen LogP contribution in [0.1, 0.15) is 45.0 Å². The van der Waals surface area contributed by atoms with Crippen molar-refractivity contribution < 1.29 is 23.5 Å². The highest BCUT2D eigenvalue weighted by Gasteiger charge is 2.27. The summed E-state index contributed by atoms with van der Waals surface area (Å²) in [5.74, 6) is -1.68. The van der Waals surface area contributed by atoms with Gasteiger partial charge in [-0.25, -0.2) is 9.18 Å². The fraction of sp³-hybridized carbons (Fsp3) is 0.286. The number of esters is 1. The van der Waals surface area contributed by atoms with E-state index in [2.05, 4.69) is 5.32 Å². The van der Waals surface area contributed by atoms with E-state index < -0.39 is 11.9 Å². The second-order valence-corrected chi connectivity index (χ2v) is 7.12. The van der Waals surface area contributed by atoms with E-state index in [0.29, 0.717) is 29.1 Å². The van der Waals surface area contributed by atoms with Gasteiger partial charge >= 0.3 is 5.97 Å². The van der Waals surface area contributed by atoms with Gasteiger partial charge in [0.15, 0.2) is 0 Å². The third-order valence-corrected chi connectivity index (χ3v) is 5.51. The number of rotatable bonds is 7. The molecule has 0 fully saturated rings. The zero-order valence-corrected chi connectivity index (χ0v) is 17.6. The summed E-state index contributed by atoms with van der Waals surface area (Å²) >= 11 is 1.04. The SMILES string of the molecule is CCN(CC)C(=O)c1sc(NC(=O)/C=C/c2ccc(F)cc2)c(C(=O)OC)c1C. The Bertz CT molecular complexity index is 931. The molecule has 1 aromatic carbocycles. The summed E-state index contributed by atoms with van der Waals surface area (Å²) in [7, 11) is 1.24. The van der Waals surface area contributed by atoms with Crippen LogP contribution in [0.4, 0.5) is 9.39 Å². The maximum Gasteiger partial charge on any atom is 0.341 e. The molecule has 0 aliphatic heterocycles. The highest BCUT2D eigenvalue weighted by Crippen LogP contribution is 2.34. The molecule has 8 heteroatoms. The fourth-order valence-corrected chi connectivity index (χ4v) is 3.87. The number of halogens is 1. The van der Waals surface area contributed by atoms with Crippen molar-refractivity contribution in [2.24, 2.45) is 0 Å². The van der Waals surface area contributed by atoms with Gasteiger partial charge in [-0.1, -0.05) is 12.1 Å². The van der Waals surface area contributed by atoms with E-state index in [0.717, 1.165) is 11.3 Å². The molecular weight excluding hydrogens is 395 g/mol. The van der Waals surface area contributed by atoms with Crippen molar-refractivity contribution in [3.63, 3.8) is 0 Å². The van der Waals surface area contributed by atoms with Crippen LogP contribution in [-0.2, 0) is 9.53 Å². The van der Waals surface area contributed by atoms with Crippen molar-refractivity contribution >= 4 is 40.2 Å². The van der Waals surface area contributed by atoms with Gasteiger partial charge in [-0.2, -0.15) is 0 Å². The number of nitrogens with one attached hydrogen (secondary N) is 1. The number of methoxy groups -OCH3 is 1. The van der Waals surface area contributed by atoms with Crippen LogP contribution >= 0.6 is 11.3 Å². The van der Waals surface area contributed by atoms with Gasteiger partial charge in [-0.15, -0.1) is 11.3 Å². The number of benzene rings is 1. The largest absolute Gasteiger partial charge is 0.465 e. The molecule has 1 aromatic heterocycles. The predicted octanol–water partition coefficient (Wildman–Crippen LogP) is 4.12. The van der Waals surface area contributed by atoms with E-state index in [-0.39, 0.29) is 22.3 Å². The highest BCUT2D eigenvalue weighted by atomic mass is 32.1. The van der Waals surface area contributed by atoms with Crippen molar-refractivity contribution in [2.75, 3.05) is 25.5 Å².